The largest absolute Gasteiger partial charge is 0.462 e. The van der Waals surface area contributed by atoms with Crippen LogP contribution >= 0.6 is 11.3 Å². The third kappa shape index (κ3) is 3.33. The number of ether oxygens (including phenoxy) is 2. The molecule has 128 valence electrons. The van der Waals surface area contributed by atoms with Gasteiger partial charge in [-0.15, -0.1) is 11.3 Å². The van der Waals surface area contributed by atoms with Gasteiger partial charge in [0.15, 0.2) is 0 Å². The molecule has 0 saturated carbocycles. The summed E-state index contributed by atoms with van der Waals surface area (Å²) in [6.07, 6.45) is 0. The van der Waals surface area contributed by atoms with Crippen molar-refractivity contribution < 1.29 is 19.1 Å². The predicted molar refractivity (Wildman–Crippen MR) is 93.7 cm³/mol. The van der Waals surface area contributed by atoms with Crippen molar-refractivity contribution in [1.82, 2.24) is 4.98 Å². The maximum atomic E-state index is 12.5. The number of aryl methyl sites for hydroxylation is 3. The highest BCUT2D eigenvalue weighted by Crippen LogP contribution is 2.37. The summed E-state index contributed by atoms with van der Waals surface area (Å²) in [4.78, 5) is 30.3. The van der Waals surface area contributed by atoms with Gasteiger partial charge < -0.3 is 9.47 Å². The summed E-state index contributed by atoms with van der Waals surface area (Å²) in [5.41, 5.74) is 3.29. The zero-order valence-electron chi connectivity index (χ0n) is 14.6. The van der Waals surface area contributed by atoms with Gasteiger partial charge in [-0.1, -0.05) is 0 Å². The normalized spacial score (nSPS) is 10.5. The predicted octanol–water partition coefficient (Wildman–Crippen LogP) is 4.09. The van der Waals surface area contributed by atoms with Gasteiger partial charge in [0.2, 0.25) is 0 Å². The van der Waals surface area contributed by atoms with Crippen LogP contribution in [0.3, 0.4) is 0 Å². The molecule has 2 aromatic heterocycles. The van der Waals surface area contributed by atoms with E-state index in [-0.39, 0.29) is 13.2 Å². The Hall–Kier alpha value is -2.21. The molecule has 0 radical (unpaired) electrons. The van der Waals surface area contributed by atoms with Crippen molar-refractivity contribution in [3.05, 3.63) is 39.5 Å². The number of hydrogen-bond acceptors (Lipinski definition) is 6. The molecule has 0 aliphatic carbocycles. The Morgan fingerprint density at radius 3 is 1.88 bits per heavy atom. The van der Waals surface area contributed by atoms with E-state index in [0.717, 1.165) is 10.4 Å². The number of carbonyl (C=O) groups is 2. The average Bonchev–Trinajstić information content (AvgIpc) is 2.92. The number of carbonyl (C=O) groups excluding carboxylic acids is 2. The van der Waals surface area contributed by atoms with Crippen molar-refractivity contribution in [2.24, 2.45) is 0 Å². The lowest BCUT2D eigenvalue weighted by molar-refractivity contribution is 0.0525. The smallest absolute Gasteiger partial charge is 0.340 e. The van der Waals surface area contributed by atoms with E-state index in [0.29, 0.717) is 28.1 Å². The first kappa shape index (κ1) is 18.1. The first-order valence-electron chi connectivity index (χ1n) is 7.82. The molecule has 0 aromatic carbocycles. The molecule has 0 aliphatic rings. The summed E-state index contributed by atoms with van der Waals surface area (Å²) < 4.78 is 10.4. The van der Waals surface area contributed by atoms with Crippen molar-refractivity contribution in [3.63, 3.8) is 0 Å². The monoisotopic (exact) mass is 347 g/mol. The minimum absolute atomic E-state index is 0.254. The molecule has 0 amide bonds. The molecular weight excluding hydrogens is 326 g/mol. The number of nitrogens with zero attached hydrogens (tertiary/aromatic N) is 1. The zero-order valence-corrected chi connectivity index (χ0v) is 15.4. The van der Waals surface area contributed by atoms with Crippen LogP contribution in [-0.4, -0.2) is 30.1 Å². The zero-order chi connectivity index (χ0) is 17.9. The van der Waals surface area contributed by atoms with E-state index in [9.17, 15) is 9.59 Å². The Morgan fingerprint density at radius 2 is 1.50 bits per heavy atom. The van der Waals surface area contributed by atoms with Crippen LogP contribution < -0.4 is 0 Å². The molecule has 0 unspecified atom stereocenters. The van der Waals surface area contributed by atoms with Crippen LogP contribution in [0.1, 0.15) is 51.5 Å². The minimum Gasteiger partial charge on any atom is -0.462 e. The second kappa shape index (κ2) is 7.57. The van der Waals surface area contributed by atoms with Crippen molar-refractivity contribution in [3.8, 4) is 10.4 Å². The SMILES string of the molecule is CCOC(=O)c1c(C)nc(C)c(C(=O)OCC)c1-c1sccc1C. The Labute approximate surface area is 145 Å². The summed E-state index contributed by atoms with van der Waals surface area (Å²) in [6.45, 7) is 9.45. The fourth-order valence-electron chi connectivity index (χ4n) is 2.61. The van der Waals surface area contributed by atoms with E-state index in [1.807, 2.05) is 18.4 Å². The Morgan fingerprint density at radius 1 is 1.00 bits per heavy atom. The number of pyridine rings is 1. The molecule has 24 heavy (non-hydrogen) atoms. The van der Waals surface area contributed by atoms with Crippen LogP contribution in [0.4, 0.5) is 0 Å². The molecular formula is C18H21NO4S. The van der Waals surface area contributed by atoms with Gasteiger partial charge in [0.25, 0.3) is 0 Å². The highest BCUT2D eigenvalue weighted by molar-refractivity contribution is 7.13. The van der Waals surface area contributed by atoms with Gasteiger partial charge in [0.1, 0.15) is 0 Å². The Bertz CT molecular complexity index is 737. The fourth-order valence-corrected chi connectivity index (χ4v) is 3.60. The summed E-state index contributed by atoms with van der Waals surface area (Å²) in [6, 6.07) is 1.95. The molecule has 0 saturated heterocycles. The van der Waals surface area contributed by atoms with E-state index in [1.165, 1.54) is 11.3 Å². The van der Waals surface area contributed by atoms with Crippen LogP contribution in [-0.2, 0) is 9.47 Å². The molecule has 0 fully saturated rings. The van der Waals surface area contributed by atoms with Crippen LogP contribution in [0.2, 0.25) is 0 Å². The van der Waals surface area contributed by atoms with E-state index in [2.05, 4.69) is 4.98 Å². The van der Waals surface area contributed by atoms with Crippen molar-refractivity contribution in [1.29, 1.82) is 0 Å². The van der Waals surface area contributed by atoms with Gasteiger partial charge in [-0.2, -0.15) is 0 Å². The summed E-state index contributed by atoms with van der Waals surface area (Å²) in [7, 11) is 0. The van der Waals surface area contributed by atoms with Crippen molar-refractivity contribution in [2.45, 2.75) is 34.6 Å². The topological polar surface area (TPSA) is 65.5 Å². The van der Waals surface area contributed by atoms with Gasteiger partial charge in [0, 0.05) is 10.4 Å². The van der Waals surface area contributed by atoms with E-state index >= 15 is 0 Å². The minimum atomic E-state index is -0.476. The quantitative estimate of drug-likeness (QED) is 0.762. The molecule has 0 aliphatic heterocycles. The number of thiophene rings is 1. The van der Waals surface area contributed by atoms with Gasteiger partial charge >= 0.3 is 11.9 Å². The Kier molecular flexibility index (Phi) is 5.72. The molecule has 0 atom stereocenters. The molecule has 0 bridgehead atoms. The van der Waals surface area contributed by atoms with Crippen LogP contribution in [0.5, 0.6) is 0 Å². The third-order valence-corrected chi connectivity index (χ3v) is 4.64. The number of rotatable bonds is 5. The lowest BCUT2D eigenvalue weighted by atomic mass is 9.95. The third-order valence-electron chi connectivity index (χ3n) is 3.61. The van der Waals surface area contributed by atoms with Crippen molar-refractivity contribution in [2.75, 3.05) is 13.2 Å². The average molecular weight is 347 g/mol. The second-order valence-electron chi connectivity index (χ2n) is 5.28. The van der Waals surface area contributed by atoms with Crippen LogP contribution in [0.15, 0.2) is 11.4 Å². The molecule has 5 nitrogen and oxygen atoms in total. The summed E-state index contributed by atoms with van der Waals surface area (Å²) in [5, 5.41) is 1.93. The van der Waals surface area contributed by atoms with Gasteiger partial charge in [-0.25, -0.2) is 9.59 Å². The lowest BCUT2D eigenvalue weighted by Gasteiger charge is -2.17. The molecule has 2 heterocycles. The standard InChI is InChI=1S/C18H21NO4S/c1-6-22-17(20)13-11(4)19-12(5)14(18(21)23-7-2)15(13)16-10(3)8-9-24-16/h8-9H,6-7H2,1-5H3. The highest BCUT2D eigenvalue weighted by atomic mass is 32.1. The van der Waals surface area contributed by atoms with E-state index in [1.54, 1.807) is 27.7 Å². The number of aromatic nitrogens is 1. The fraction of sp³-hybridized carbons (Fsp3) is 0.389. The van der Waals surface area contributed by atoms with E-state index in [4.69, 9.17) is 9.47 Å². The van der Waals surface area contributed by atoms with E-state index < -0.39 is 11.9 Å². The molecule has 0 spiro atoms. The summed E-state index contributed by atoms with van der Waals surface area (Å²) >= 11 is 1.48. The number of hydrogen-bond donors (Lipinski definition) is 0. The first-order valence-corrected chi connectivity index (χ1v) is 8.70. The number of esters is 2. The Balaban J connectivity index is 2.84. The van der Waals surface area contributed by atoms with Crippen molar-refractivity contribution >= 4 is 23.3 Å². The second-order valence-corrected chi connectivity index (χ2v) is 6.20. The van der Waals surface area contributed by atoms with Gasteiger partial charge in [-0.3, -0.25) is 4.98 Å². The summed E-state index contributed by atoms with van der Waals surface area (Å²) in [5.74, 6) is -0.952. The molecule has 2 aromatic rings. The molecule has 0 N–H and O–H groups in total. The maximum Gasteiger partial charge on any atom is 0.340 e. The van der Waals surface area contributed by atoms with Gasteiger partial charge in [-0.05, 0) is 51.6 Å². The first-order chi connectivity index (χ1) is 11.4. The van der Waals surface area contributed by atoms with Crippen LogP contribution in [0, 0.1) is 20.8 Å². The maximum absolute atomic E-state index is 12.5. The van der Waals surface area contributed by atoms with Gasteiger partial charge in [0.05, 0.1) is 35.7 Å². The highest BCUT2D eigenvalue weighted by Gasteiger charge is 2.28. The molecule has 2 rings (SSSR count). The lowest BCUT2D eigenvalue weighted by Crippen LogP contribution is -2.17. The molecule has 6 heteroatoms. The van der Waals surface area contributed by atoms with Crippen LogP contribution in [0.25, 0.3) is 10.4 Å².